The number of carbonyl (C=O) groups is 1. The number of amides is 1. The van der Waals surface area contributed by atoms with Crippen molar-refractivity contribution >= 4 is 22.6 Å². The van der Waals surface area contributed by atoms with E-state index in [2.05, 4.69) is 26.8 Å². The third-order valence-corrected chi connectivity index (χ3v) is 6.86. The van der Waals surface area contributed by atoms with Gasteiger partial charge in [0.15, 0.2) is 0 Å². The van der Waals surface area contributed by atoms with Crippen LogP contribution < -0.4 is 4.90 Å². The van der Waals surface area contributed by atoms with Gasteiger partial charge in [0.05, 0.1) is 24.3 Å². The van der Waals surface area contributed by atoms with E-state index >= 15 is 0 Å². The van der Waals surface area contributed by atoms with Gasteiger partial charge < -0.3 is 14.5 Å². The number of nitrogens with zero attached hydrogens (tertiary/aromatic N) is 4. The Kier molecular flexibility index (Phi) is 5.86. The molecule has 160 valence electrons. The van der Waals surface area contributed by atoms with Gasteiger partial charge in [-0.25, -0.2) is 4.98 Å². The number of morpholine rings is 1. The smallest absolute Gasteiger partial charge is 0.257 e. The molecule has 1 aromatic heterocycles. The van der Waals surface area contributed by atoms with Crippen LogP contribution >= 0.6 is 0 Å². The number of likely N-dealkylation sites (tertiary alicyclic amines) is 1. The van der Waals surface area contributed by atoms with Gasteiger partial charge in [-0.15, -0.1) is 0 Å². The second kappa shape index (κ2) is 8.90. The van der Waals surface area contributed by atoms with Crippen molar-refractivity contribution in [3.63, 3.8) is 0 Å². The van der Waals surface area contributed by atoms with Crippen LogP contribution in [0.15, 0.2) is 30.3 Å². The first-order valence-corrected chi connectivity index (χ1v) is 11.5. The maximum atomic E-state index is 13.5. The van der Waals surface area contributed by atoms with Gasteiger partial charge in [0.2, 0.25) is 0 Å². The van der Waals surface area contributed by atoms with Crippen LogP contribution in [-0.4, -0.2) is 79.7 Å². The molecule has 0 bridgehead atoms. The van der Waals surface area contributed by atoms with Gasteiger partial charge in [-0.05, 0) is 43.7 Å². The first-order valence-electron chi connectivity index (χ1n) is 11.5. The molecule has 0 radical (unpaired) electrons. The molecule has 5 rings (SSSR count). The molecule has 4 heterocycles. The van der Waals surface area contributed by atoms with Gasteiger partial charge in [-0.3, -0.25) is 9.69 Å². The number of fused-ring (bicyclic) bond motifs is 1. The van der Waals surface area contributed by atoms with E-state index < -0.39 is 0 Å². The highest BCUT2D eigenvalue weighted by Gasteiger charge is 2.29. The lowest BCUT2D eigenvalue weighted by Gasteiger charge is -2.36. The van der Waals surface area contributed by atoms with Crippen LogP contribution in [0.1, 0.15) is 36.0 Å². The van der Waals surface area contributed by atoms with E-state index in [-0.39, 0.29) is 5.91 Å². The fourth-order valence-electron chi connectivity index (χ4n) is 5.07. The maximum absolute atomic E-state index is 13.5. The molecule has 6 heteroatoms. The monoisotopic (exact) mass is 408 g/mol. The van der Waals surface area contributed by atoms with Crippen LogP contribution in [0.4, 0.5) is 5.82 Å². The number of carbonyl (C=O) groups excluding carboxylic acids is 1. The van der Waals surface area contributed by atoms with Crippen LogP contribution in [0, 0.1) is 5.92 Å². The second-order valence-corrected chi connectivity index (χ2v) is 8.89. The SMILES string of the molecule is O=C(c1cc2ccccc2nc1N1CCCC1)N1CCC(CN2CCOCC2)CC1. The zero-order valence-corrected chi connectivity index (χ0v) is 17.8. The second-order valence-electron chi connectivity index (χ2n) is 8.89. The van der Waals surface area contributed by atoms with Crippen molar-refractivity contribution in [1.82, 2.24) is 14.8 Å². The van der Waals surface area contributed by atoms with E-state index in [4.69, 9.17) is 9.72 Å². The van der Waals surface area contributed by atoms with Crippen LogP contribution in [0.2, 0.25) is 0 Å². The molecule has 3 saturated heterocycles. The summed E-state index contributed by atoms with van der Waals surface area (Å²) in [5.74, 6) is 1.71. The molecule has 1 amide bonds. The summed E-state index contributed by atoms with van der Waals surface area (Å²) in [6, 6.07) is 10.2. The topological polar surface area (TPSA) is 48.9 Å². The van der Waals surface area contributed by atoms with E-state index in [0.717, 1.165) is 94.2 Å². The molecular weight excluding hydrogens is 376 g/mol. The summed E-state index contributed by atoms with van der Waals surface area (Å²) in [4.78, 5) is 25.3. The normalized spacial score (nSPS) is 21.5. The van der Waals surface area contributed by atoms with Gasteiger partial charge in [0, 0.05) is 51.2 Å². The van der Waals surface area contributed by atoms with E-state index in [9.17, 15) is 4.79 Å². The highest BCUT2D eigenvalue weighted by atomic mass is 16.5. The summed E-state index contributed by atoms with van der Waals surface area (Å²) in [5, 5.41) is 1.05. The predicted molar refractivity (Wildman–Crippen MR) is 119 cm³/mol. The number of hydrogen-bond donors (Lipinski definition) is 0. The van der Waals surface area contributed by atoms with Crippen molar-refractivity contribution in [2.75, 3.05) is 63.9 Å². The maximum Gasteiger partial charge on any atom is 0.257 e. The molecule has 30 heavy (non-hydrogen) atoms. The number of hydrogen-bond acceptors (Lipinski definition) is 5. The van der Waals surface area contributed by atoms with Gasteiger partial charge in [-0.2, -0.15) is 0 Å². The van der Waals surface area contributed by atoms with Crippen molar-refractivity contribution in [2.24, 2.45) is 5.92 Å². The summed E-state index contributed by atoms with van der Waals surface area (Å²) >= 11 is 0. The number of benzene rings is 1. The van der Waals surface area contributed by atoms with Crippen molar-refractivity contribution in [2.45, 2.75) is 25.7 Å². The van der Waals surface area contributed by atoms with Crippen LogP contribution in [0.5, 0.6) is 0 Å². The lowest BCUT2D eigenvalue weighted by Crippen LogP contribution is -2.44. The lowest BCUT2D eigenvalue weighted by atomic mass is 9.95. The third-order valence-electron chi connectivity index (χ3n) is 6.86. The Hall–Kier alpha value is -2.18. The summed E-state index contributed by atoms with van der Waals surface area (Å²) in [6.07, 6.45) is 4.52. The number of pyridine rings is 1. The third kappa shape index (κ3) is 4.16. The van der Waals surface area contributed by atoms with E-state index in [0.29, 0.717) is 5.92 Å². The molecule has 6 nitrogen and oxygen atoms in total. The molecule has 0 aliphatic carbocycles. The summed E-state index contributed by atoms with van der Waals surface area (Å²) in [6.45, 7) is 8.61. The molecule has 1 aromatic carbocycles. The highest BCUT2D eigenvalue weighted by Crippen LogP contribution is 2.29. The molecule has 3 aliphatic rings. The standard InChI is InChI=1S/C24H32N4O2/c29-24(28-11-7-19(8-12-28)18-26-13-15-30-16-14-26)21-17-20-5-1-2-6-22(20)25-23(21)27-9-3-4-10-27/h1-2,5-6,17,19H,3-4,7-16,18H2. The first-order chi connectivity index (χ1) is 14.8. The molecule has 3 aliphatic heterocycles. The number of piperidine rings is 1. The molecular formula is C24H32N4O2. The summed E-state index contributed by atoms with van der Waals surface area (Å²) in [5.41, 5.74) is 1.75. The summed E-state index contributed by atoms with van der Waals surface area (Å²) in [7, 11) is 0. The average molecular weight is 409 g/mol. The van der Waals surface area contributed by atoms with Crippen molar-refractivity contribution in [3.05, 3.63) is 35.9 Å². The Balaban J connectivity index is 1.31. The zero-order valence-electron chi connectivity index (χ0n) is 17.8. The Morgan fingerprint density at radius 1 is 1.00 bits per heavy atom. The fourth-order valence-corrected chi connectivity index (χ4v) is 5.07. The Labute approximate surface area is 178 Å². The van der Waals surface area contributed by atoms with Gasteiger partial charge >= 0.3 is 0 Å². The van der Waals surface area contributed by atoms with Gasteiger partial charge in [0.1, 0.15) is 5.82 Å². The lowest BCUT2D eigenvalue weighted by molar-refractivity contribution is 0.0243. The quantitative estimate of drug-likeness (QED) is 0.778. The fraction of sp³-hybridized carbons (Fsp3) is 0.583. The molecule has 0 atom stereocenters. The van der Waals surface area contributed by atoms with E-state index in [1.807, 2.05) is 18.2 Å². The Morgan fingerprint density at radius 2 is 1.73 bits per heavy atom. The van der Waals surface area contributed by atoms with Crippen LogP contribution in [-0.2, 0) is 4.74 Å². The largest absolute Gasteiger partial charge is 0.379 e. The minimum Gasteiger partial charge on any atom is -0.379 e. The van der Waals surface area contributed by atoms with Crippen molar-refractivity contribution < 1.29 is 9.53 Å². The van der Waals surface area contributed by atoms with Crippen LogP contribution in [0.25, 0.3) is 10.9 Å². The van der Waals surface area contributed by atoms with E-state index in [1.54, 1.807) is 0 Å². The molecule has 0 N–H and O–H groups in total. The van der Waals surface area contributed by atoms with Gasteiger partial charge in [0.25, 0.3) is 5.91 Å². The molecule has 0 unspecified atom stereocenters. The van der Waals surface area contributed by atoms with E-state index in [1.165, 1.54) is 12.8 Å². The van der Waals surface area contributed by atoms with Crippen molar-refractivity contribution in [3.8, 4) is 0 Å². The number of aromatic nitrogens is 1. The number of anilines is 1. The Bertz CT molecular complexity index is 882. The molecule has 3 fully saturated rings. The minimum absolute atomic E-state index is 0.153. The zero-order chi connectivity index (χ0) is 20.3. The average Bonchev–Trinajstić information content (AvgIpc) is 3.34. The van der Waals surface area contributed by atoms with Crippen molar-refractivity contribution in [1.29, 1.82) is 0 Å². The number of para-hydroxylation sites is 1. The first kappa shape index (κ1) is 19.8. The van der Waals surface area contributed by atoms with Gasteiger partial charge in [-0.1, -0.05) is 18.2 Å². The van der Waals surface area contributed by atoms with Crippen LogP contribution in [0.3, 0.4) is 0 Å². The molecule has 0 spiro atoms. The number of rotatable bonds is 4. The predicted octanol–water partition coefficient (Wildman–Crippen LogP) is 3.02. The highest BCUT2D eigenvalue weighted by molar-refractivity contribution is 6.02. The molecule has 0 saturated carbocycles. The number of ether oxygens (including phenoxy) is 1. The minimum atomic E-state index is 0.153. The molecule has 2 aromatic rings. The Morgan fingerprint density at radius 3 is 2.50 bits per heavy atom. The summed E-state index contributed by atoms with van der Waals surface area (Å²) < 4.78 is 5.47.